The number of nitrogens with zero attached hydrogens (tertiary/aromatic N) is 1. The van der Waals surface area contributed by atoms with Gasteiger partial charge in [0.05, 0.1) is 0 Å². The van der Waals surface area contributed by atoms with E-state index in [1.54, 1.807) is 4.90 Å². The smallest absolute Gasteiger partial charge is 0.151 e. The highest BCUT2D eigenvalue weighted by Gasteiger charge is 2.28. The first kappa shape index (κ1) is 12.1. The Balaban J connectivity index is 2.33. The van der Waals surface area contributed by atoms with Crippen LogP contribution in [0.4, 0.5) is 20.2 Å². The van der Waals surface area contributed by atoms with E-state index in [1.165, 1.54) is 12.1 Å². The molecule has 2 nitrogen and oxygen atoms in total. The van der Waals surface area contributed by atoms with Crippen molar-refractivity contribution < 1.29 is 8.78 Å². The van der Waals surface area contributed by atoms with Gasteiger partial charge in [0, 0.05) is 18.3 Å². The fourth-order valence-electron chi connectivity index (χ4n) is 2.00. The molecular formula is C13H18F2N2. The van der Waals surface area contributed by atoms with E-state index in [1.807, 2.05) is 13.8 Å². The van der Waals surface area contributed by atoms with Gasteiger partial charge in [0.2, 0.25) is 0 Å². The Bertz CT molecular complexity index is 391. The van der Waals surface area contributed by atoms with Crippen molar-refractivity contribution in [1.29, 1.82) is 0 Å². The second kappa shape index (κ2) is 4.51. The number of halogens is 2. The summed E-state index contributed by atoms with van der Waals surface area (Å²) in [6.45, 7) is 4.60. The molecule has 1 aromatic carbocycles. The normalized spacial score (nSPS) is 15.4. The predicted molar refractivity (Wildman–Crippen MR) is 66.0 cm³/mol. The van der Waals surface area contributed by atoms with Crippen LogP contribution in [0, 0.1) is 17.6 Å². The van der Waals surface area contributed by atoms with E-state index in [0.717, 1.165) is 19.4 Å². The summed E-state index contributed by atoms with van der Waals surface area (Å²) in [5, 5.41) is 0. The molecule has 0 spiro atoms. The maximum atomic E-state index is 13.8. The molecule has 94 valence electrons. The Morgan fingerprint density at radius 1 is 1.29 bits per heavy atom. The van der Waals surface area contributed by atoms with E-state index >= 15 is 0 Å². The highest BCUT2D eigenvalue weighted by Crippen LogP contribution is 2.34. The topological polar surface area (TPSA) is 29.3 Å². The molecule has 2 rings (SSSR count). The molecule has 1 aliphatic carbocycles. The molecule has 2 N–H and O–H groups in total. The zero-order chi connectivity index (χ0) is 12.6. The zero-order valence-electron chi connectivity index (χ0n) is 10.2. The van der Waals surface area contributed by atoms with E-state index in [0.29, 0.717) is 5.92 Å². The van der Waals surface area contributed by atoms with Crippen molar-refractivity contribution in [1.82, 2.24) is 0 Å². The molecule has 0 atom stereocenters. The monoisotopic (exact) mass is 240 g/mol. The maximum Gasteiger partial charge on any atom is 0.151 e. The lowest BCUT2D eigenvalue weighted by Gasteiger charge is -2.29. The molecule has 4 heteroatoms. The third-order valence-corrected chi connectivity index (χ3v) is 3.10. The summed E-state index contributed by atoms with van der Waals surface area (Å²) in [7, 11) is 0. The molecule has 1 aromatic rings. The minimum Gasteiger partial charge on any atom is -0.399 e. The van der Waals surface area contributed by atoms with Gasteiger partial charge in [-0.3, -0.25) is 0 Å². The van der Waals surface area contributed by atoms with E-state index in [4.69, 9.17) is 5.73 Å². The summed E-state index contributed by atoms with van der Waals surface area (Å²) in [5.74, 6) is -0.567. The Labute approximate surface area is 100 Å². The SMILES string of the molecule is CC(C)N(CC1CC1)c1c(F)cc(N)cc1F. The lowest BCUT2D eigenvalue weighted by atomic mass is 10.2. The average Bonchev–Trinajstić information content (AvgIpc) is 2.98. The molecular weight excluding hydrogens is 222 g/mol. The third kappa shape index (κ3) is 2.68. The van der Waals surface area contributed by atoms with Crippen LogP contribution < -0.4 is 10.6 Å². The second-order valence-corrected chi connectivity index (χ2v) is 5.02. The predicted octanol–water partition coefficient (Wildman–Crippen LogP) is 3.17. The number of benzene rings is 1. The molecule has 0 radical (unpaired) electrons. The molecule has 0 aromatic heterocycles. The molecule has 0 unspecified atom stereocenters. The van der Waals surface area contributed by atoms with Gasteiger partial charge in [0.1, 0.15) is 5.69 Å². The van der Waals surface area contributed by atoms with Crippen molar-refractivity contribution in [3.8, 4) is 0 Å². The van der Waals surface area contributed by atoms with Crippen LogP contribution in [-0.2, 0) is 0 Å². The van der Waals surface area contributed by atoms with Gasteiger partial charge in [-0.15, -0.1) is 0 Å². The molecule has 0 amide bonds. The first-order chi connectivity index (χ1) is 7.99. The second-order valence-electron chi connectivity index (χ2n) is 5.02. The van der Waals surface area contributed by atoms with Crippen LogP contribution >= 0.6 is 0 Å². The Kier molecular flexibility index (Phi) is 3.22. The summed E-state index contributed by atoms with van der Waals surface area (Å²) >= 11 is 0. The molecule has 1 aliphatic rings. The van der Waals surface area contributed by atoms with Crippen LogP contribution in [0.3, 0.4) is 0 Å². The number of hydrogen-bond donors (Lipinski definition) is 1. The van der Waals surface area contributed by atoms with Crippen LogP contribution in [0.2, 0.25) is 0 Å². The van der Waals surface area contributed by atoms with Gasteiger partial charge in [0.25, 0.3) is 0 Å². The molecule has 0 aliphatic heterocycles. The third-order valence-electron chi connectivity index (χ3n) is 3.10. The molecule has 0 bridgehead atoms. The van der Waals surface area contributed by atoms with E-state index in [2.05, 4.69) is 0 Å². The van der Waals surface area contributed by atoms with E-state index < -0.39 is 11.6 Å². The standard InChI is InChI=1S/C13H18F2N2/c1-8(2)17(7-9-3-4-9)13-11(14)5-10(16)6-12(13)15/h5-6,8-9H,3-4,7,16H2,1-2H3. The lowest BCUT2D eigenvalue weighted by molar-refractivity contribution is 0.548. The largest absolute Gasteiger partial charge is 0.399 e. The number of nitrogen functional groups attached to an aromatic ring is 1. The van der Waals surface area contributed by atoms with Crippen LogP contribution in [0.25, 0.3) is 0 Å². The lowest BCUT2D eigenvalue weighted by Crippen LogP contribution is -2.34. The van der Waals surface area contributed by atoms with Gasteiger partial charge in [-0.1, -0.05) is 0 Å². The van der Waals surface area contributed by atoms with Crippen molar-refractivity contribution in [3.63, 3.8) is 0 Å². The molecule has 0 heterocycles. The fraction of sp³-hybridized carbons (Fsp3) is 0.538. The summed E-state index contributed by atoms with van der Waals surface area (Å²) in [6.07, 6.45) is 2.31. The summed E-state index contributed by atoms with van der Waals surface area (Å²) in [4.78, 5) is 1.79. The van der Waals surface area contributed by atoms with Gasteiger partial charge in [-0.05, 0) is 44.7 Å². The summed E-state index contributed by atoms with van der Waals surface area (Å²) in [5.41, 5.74) is 5.60. The van der Waals surface area contributed by atoms with Crippen LogP contribution in [-0.4, -0.2) is 12.6 Å². The molecule has 17 heavy (non-hydrogen) atoms. The van der Waals surface area contributed by atoms with E-state index in [9.17, 15) is 8.78 Å². The number of anilines is 2. The average molecular weight is 240 g/mol. The summed E-state index contributed by atoms with van der Waals surface area (Å²) in [6, 6.07) is 2.43. The Morgan fingerprint density at radius 3 is 2.24 bits per heavy atom. The number of rotatable bonds is 4. The van der Waals surface area contributed by atoms with Crippen LogP contribution in [0.1, 0.15) is 26.7 Å². The quantitative estimate of drug-likeness (QED) is 0.819. The van der Waals surface area contributed by atoms with Gasteiger partial charge in [-0.2, -0.15) is 0 Å². The van der Waals surface area contributed by atoms with Crippen LogP contribution in [0.5, 0.6) is 0 Å². The van der Waals surface area contributed by atoms with E-state index in [-0.39, 0.29) is 17.4 Å². The Hall–Kier alpha value is -1.32. The highest BCUT2D eigenvalue weighted by atomic mass is 19.1. The molecule has 0 saturated heterocycles. The van der Waals surface area contributed by atoms with Crippen molar-refractivity contribution in [3.05, 3.63) is 23.8 Å². The fourth-order valence-corrected chi connectivity index (χ4v) is 2.00. The number of nitrogens with two attached hydrogens (primary N) is 1. The highest BCUT2D eigenvalue weighted by molar-refractivity contribution is 5.56. The van der Waals surface area contributed by atoms with Gasteiger partial charge in [0.15, 0.2) is 11.6 Å². The van der Waals surface area contributed by atoms with Crippen molar-refractivity contribution in [2.24, 2.45) is 5.92 Å². The zero-order valence-corrected chi connectivity index (χ0v) is 10.2. The van der Waals surface area contributed by atoms with Gasteiger partial charge in [-0.25, -0.2) is 8.78 Å². The van der Waals surface area contributed by atoms with Crippen molar-refractivity contribution in [2.45, 2.75) is 32.7 Å². The van der Waals surface area contributed by atoms with Gasteiger partial charge < -0.3 is 10.6 Å². The van der Waals surface area contributed by atoms with Crippen LogP contribution in [0.15, 0.2) is 12.1 Å². The summed E-state index contributed by atoms with van der Waals surface area (Å²) < 4.78 is 27.7. The number of hydrogen-bond acceptors (Lipinski definition) is 2. The molecule has 1 saturated carbocycles. The first-order valence-electron chi connectivity index (χ1n) is 6.00. The first-order valence-corrected chi connectivity index (χ1v) is 6.00. The minimum atomic E-state index is -0.572. The Morgan fingerprint density at radius 2 is 1.82 bits per heavy atom. The molecule has 1 fully saturated rings. The van der Waals surface area contributed by atoms with Crippen molar-refractivity contribution in [2.75, 3.05) is 17.2 Å². The van der Waals surface area contributed by atoms with Gasteiger partial charge >= 0.3 is 0 Å². The maximum absolute atomic E-state index is 13.8. The minimum absolute atomic E-state index is 0.0566. The van der Waals surface area contributed by atoms with Crippen molar-refractivity contribution >= 4 is 11.4 Å².